The van der Waals surface area contributed by atoms with Crippen molar-refractivity contribution in [1.82, 2.24) is 19.8 Å². The van der Waals surface area contributed by atoms with Crippen molar-refractivity contribution in [2.24, 2.45) is 0 Å². The Labute approximate surface area is 359 Å². The maximum atomic E-state index is 18.2. The summed E-state index contributed by atoms with van der Waals surface area (Å²) in [4.78, 5) is 44.1. The van der Waals surface area contributed by atoms with Crippen LogP contribution in [0, 0.1) is 5.82 Å². The molecule has 3 aliphatic heterocycles. The normalized spacial score (nSPS) is 19.7. The first-order valence-electron chi connectivity index (χ1n) is 21.5. The zero-order valence-electron chi connectivity index (χ0n) is 36.9. The van der Waals surface area contributed by atoms with E-state index in [0.717, 1.165) is 43.0 Å². The summed E-state index contributed by atoms with van der Waals surface area (Å²) >= 11 is 0. The summed E-state index contributed by atoms with van der Waals surface area (Å²) in [5, 5.41) is 1.81. The Hall–Kier alpha value is -5.27. The highest BCUT2D eigenvalue weighted by atomic mass is 28.4. The lowest BCUT2D eigenvalue weighted by Gasteiger charge is -2.42. The highest BCUT2D eigenvalue weighted by molar-refractivity contribution is 6.74. The van der Waals surface area contributed by atoms with Gasteiger partial charge in [-0.05, 0) is 125 Å². The van der Waals surface area contributed by atoms with Gasteiger partial charge in [-0.1, -0.05) is 63.2 Å². The molecule has 1 aromatic heterocycles. The molecule has 2 bridgehead atoms. The van der Waals surface area contributed by atoms with E-state index in [4.69, 9.17) is 28.6 Å². The first-order valence-corrected chi connectivity index (χ1v) is 24.4. The van der Waals surface area contributed by atoms with E-state index < -0.39 is 25.7 Å². The monoisotopic (exact) mass is 847 g/mol. The molecule has 8 rings (SSSR count). The van der Waals surface area contributed by atoms with Crippen molar-refractivity contribution in [1.29, 1.82) is 0 Å². The Balaban J connectivity index is 1.32. The molecular formula is C48H58FN5O6Si. The van der Waals surface area contributed by atoms with Crippen LogP contribution in [0.4, 0.5) is 15.0 Å². The number of halogens is 1. The lowest BCUT2D eigenvalue weighted by Crippen LogP contribution is -2.57. The third-order valence-corrected chi connectivity index (χ3v) is 17.2. The number of carbonyl (C=O) groups is 2. The van der Waals surface area contributed by atoms with Gasteiger partial charge in [0.15, 0.2) is 5.82 Å². The molecule has 0 aliphatic carbocycles. The van der Waals surface area contributed by atoms with Gasteiger partial charge in [-0.15, -0.1) is 0 Å². The Kier molecular flexibility index (Phi) is 11.3. The number of carbonyl (C=O) groups excluding carboxylic acids is 2. The molecule has 0 radical (unpaired) electrons. The first-order chi connectivity index (χ1) is 28.9. The van der Waals surface area contributed by atoms with Crippen LogP contribution in [0.2, 0.25) is 18.1 Å². The molecule has 13 heteroatoms. The van der Waals surface area contributed by atoms with Crippen molar-refractivity contribution >= 4 is 47.9 Å². The fraction of sp³-hybridized carbons (Fsp3) is 0.458. The number of esters is 1. The van der Waals surface area contributed by atoms with Gasteiger partial charge in [0.05, 0.1) is 17.6 Å². The van der Waals surface area contributed by atoms with Crippen LogP contribution in [-0.2, 0) is 4.74 Å². The number of piperazine rings is 1. The third kappa shape index (κ3) is 8.64. The topological polar surface area (TPSA) is 107 Å². The Morgan fingerprint density at radius 2 is 1.54 bits per heavy atom. The maximum Gasteiger partial charge on any atom is 0.410 e. The number of aromatic nitrogens is 2. The Morgan fingerprint density at radius 1 is 0.852 bits per heavy atom. The number of benzene rings is 4. The summed E-state index contributed by atoms with van der Waals surface area (Å²) in [6, 6.07) is 21.9. The number of para-hydroxylation sites is 1. The maximum absolute atomic E-state index is 18.2. The minimum Gasteiger partial charge on any atom is -0.543 e. The predicted octanol–water partition coefficient (Wildman–Crippen LogP) is 10.3. The van der Waals surface area contributed by atoms with Crippen molar-refractivity contribution < 1.29 is 32.6 Å². The minimum absolute atomic E-state index is 0.0185. The van der Waals surface area contributed by atoms with E-state index in [1.54, 1.807) is 30.3 Å². The second-order valence-electron chi connectivity index (χ2n) is 19.4. The van der Waals surface area contributed by atoms with Gasteiger partial charge in [0.2, 0.25) is 8.32 Å². The molecular weight excluding hydrogens is 790 g/mol. The van der Waals surface area contributed by atoms with E-state index in [2.05, 4.69) is 50.7 Å². The number of hydrogen-bond acceptors (Lipinski definition) is 10. The van der Waals surface area contributed by atoms with Gasteiger partial charge >= 0.3 is 18.1 Å². The fourth-order valence-electron chi connectivity index (χ4n) is 8.62. The summed E-state index contributed by atoms with van der Waals surface area (Å²) in [7, 11) is -0.282. The van der Waals surface area contributed by atoms with Crippen LogP contribution < -0.4 is 18.8 Å². The number of nitrogens with zero attached hydrogens (tertiary/aromatic N) is 5. The summed E-state index contributed by atoms with van der Waals surface area (Å²) < 4.78 is 43.3. The number of likely N-dealkylation sites (N-methyl/N-ethyl adjacent to an activating group) is 1. The molecule has 61 heavy (non-hydrogen) atoms. The molecule has 4 aromatic carbocycles. The standard InChI is InChI=1S/C48H58FN5O6Si/c1-47(2,3)59-46(56)54-31-21-22-32(54)28-53(27-31)43-39-26-38(44(55)58-34-18-11-10-12-19-34)40(41(49)42(39)50-45(51-43)57-29-33-17-15-23-52(33)7)37-25-35(60-61(8,9)48(4,5)6)24-30-16-13-14-20-36(30)37/h10-14,16,18-20,24-26,31-33H,15,17,21-23,27-29H2,1-9H3/t31?,32?,33-/m0/s1. The number of likely N-dealkylation sites (tertiary alicyclic amines) is 1. The fourth-order valence-corrected chi connectivity index (χ4v) is 9.63. The van der Waals surface area contributed by atoms with Gasteiger partial charge in [-0.3, -0.25) is 4.90 Å². The summed E-state index contributed by atoms with van der Waals surface area (Å²) in [6.45, 7) is 18.6. The van der Waals surface area contributed by atoms with Crippen LogP contribution in [0.3, 0.4) is 0 Å². The zero-order chi connectivity index (χ0) is 43.4. The number of fused-ring (bicyclic) bond motifs is 4. The molecule has 3 saturated heterocycles. The molecule has 1 amide bonds. The molecule has 3 fully saturated rings. The van der Waals surface area contributed by atoms with E-state index in [1.807, 2.05) is 68.1 Å². The molecule has 4 heterocycles. The van der Waals surface area contributed by atoms with E-state index in [9.17, 15) is 9.59 Å². The zero-order valence-corrected chi connectivity index (χ0v) is 37.9. The van der Waals surface area contributed by atoms with Crippen molar-refractivity contribution in [3.63, 3.8) is 0 Å². The number of anilines is 1. The highest BCUT2D eigenvalue weighted by Gasteiger charge is 2.45. The van der Waals surface area contributed by atoms with Crippen LogP contribution in [-0.4, -0.2) is 97.2 Å². The van der Waals surface area contributed by atoms with E-state index >= 15 is 4.39 Å². The largest absolute Gasteiger partial charge is 0.543 e. The average Bonchev–Trinajstić information content (AvgIpc) is 3.73. The molecule has 2 unspecified atom stereocenters. The van der Waals surface area contributed by atoms with Crippen LogP contribution in [0.5, 0.6) is 17.5 Å². The summed E-state index contributed by atoms with van der Waals surface area (Å²) in [5.41, 5.74) is -0.0768. The highest BCUT2D eigenvalue weighted by Crippen LogP contribution is 2.44. The number of amides is 1. The van der Waals surface area contributed by atoms with Gasteiger partial charge in [-0.2, -0.15) is 9.97 Å². The summed E-state index contributed by atoms with van der Waals surface area (Å²) in [6.07, 6.45) is 3.26. The van der Waals surface area contributed by atoms with Gasteiger partial charge in [0.25, 0.3) is 0 Å². The van der Waals surface area contributed by atoms with E-state index in [-0.39, 0.29) is 51.9 Å². The van der Waals surface area contributed by atoms with Crippen LogP contribution in [0.15, 0.2) is 72.8 Å². The molecule has 0 saturated carbocycles. The summed E-state index contributed by atoms with van der Waals surface area (Å²) in [5.74, 6) is -0.0832. The minimum atomic E-state index is -2.35. The van der Waals surface area contributed by atoms with Crippen molar-refractivity contribution in [3.8, 4) is 28.6 Å². The van der Waals surface area contributed by atoms with Crippen LogP contribution >= 0.6 is 0 Å². The molecule has 322 valence electrons. The van der Waals surface area contributed by atoms with Crippen LogP contribution in [0.25, 0.3) is 32.8 Å². The van der Waals surface area contributed by atoms with Gasteiger partial charge in [0.1, 0.15) is 35.0 Å². The molecule has 0 spiro atoms. The molecule has 3 atom stereocenters. The lowest BCUT2D eigenvalue weighted by atomic mass is 9.92. The second kappa shape index (κ2) is 16.2. The van der Waals surface area contributed by atoms with Gasteiger partial charge in [0, 0.05) is 30.1 Å². The molecule has 11 nitrogen and oxygen atoms in total. The van der Waals surface area contributed by atoms with Crippen molar-refractivity contribution in [2.75, 3.05) is 38.2 Å². The first kappa shape index (κ1) is 42.4. The van der Waals surface area contributed by atoms with Crippen LogP contribution in [0.1, 0.15) is 77.6 Å². The number of rotatable bonds is 9. The average molecular weight is 848 g/mol. The smallest absolute Gasteiger partial charge is 0.410 e. The molecule has 3 aliphatic rings. The SMILES string of the molecule is CN1CCC[C@H]1COc1nc(N2CC3CCC(C2)N3C(=O)OC(C)(C)C)c2cc(C(=O)Oc3ccccc3)c(-c3cc(O[Si](C)(C)C(C)(C)C)cc4ccccc34)c(F)c2n1. The Morgan fingerprint density at radius 3 is 2.20 bits per heavy atom. The number of ether oxygens (including phenoxy) is 3. The molecule has 5 aromatic rings. The quantitative estimate of drug-likeness (QED) is 0.0809. The van der Waals surface area contributed by atoms with Gasteiger partial charge in [-0.25, -0.2) is 14.0 Å². The van der Waals surface area contributed by atoms with E-state index in [1.165, 1.54) is 0 Å². The lowest BCUT2D eigenvalue weighted by molar-refractivity contribution is 0.0122. The van der Waals surface area contributed by atoms with E-state index in [0.29, 0.717) is 48.0 Å². The Bertz CT molecular complexity index is 2460. The third-order valence-electron chi connectivity index (χ3n) is 12.8. The second-order valence-corrected chi connectivity index (χ2v) is 24.1. The van der Waals surface area contributed by atoms with Crippen molar-refractivity contribution in [2.45, 2.75) is 109 Å². The van der Waals surface area contributed by atoms with Crippen molar-refractivity contribution in [3.05, 3.63) is 84.2 Å². The predicted molar refractivity (Wildman–Crippen MR) is 240 cm³/mol. The number of hydrogen-bond donors (Lipinski definition) is 0. The molecule has 0 N–H and O–H groups in total. The van der Waals surface area contributed by atoms with Gasteiger partial charge < -0.3 is 28.4 Å².